The van der Waals surface area contributed by atoms with E-state index in [0.29, 0.717) is 5.56 Å². The van der Waals surface area contributed by atoms with Crippen molar-refractivity contribution in [1.29, 1.82) is 0 Å². The van der Waals surface area contributed by atoms with Crippen LogP contribution in [0, 0.1) is 6.92 Å². The Morgan fingerprint density at radius 3 is 2.40 bits per heavy atom. The molecule has 0 saturated carbocycles. The molecule has 1 saturated heterocycles. The summed E-state index contributed by atoms with van der Waals surface area (Å²) in [7, 11) is -3.49. The average molecular weight is 297 g/mol. The third-order valence-electron chi connectivity index (χ3n) is 4.18. The van der Waals surface area contributed by atoms with E-state index < -0.39 is 10.0 Å². The molecular formula is C15H23NO3S. The van der Waals surface area contributed by atoms with E-state index in [1.165, 1.54) is 0 Å². The van der Waals surface area contributed by atoms with E-state index in [4.69, 9.17) is 0 Å². The average Bonchev–Trinajstić information content (AvgIpc) is 2.38. The lowest BCUT2D eigenvalue weighted by atomic mass is 10.0. The first kappa shape index (κ1) is 15.5. The molecule has 0 spiro atoms. The number of piperidine rings is 1. The van der Waals surface area contributed by atoms with Gasteiger partial charge in [0.25, 0.3) is 0 Å². The number of sulfonamides is 1. The first-order chi connectivity index (χ1) is 9.37. The van der Waals surface area contributed by atoms with E-state index in [1.54, 1.807) is 22.5 Å². The van der Waals surface area contributed by atoms with Crippen molar-refractivity contribution < 1.29 is 13.5 Å². The first-order valence-electron chi connectivity index (χ1n) is 7.12. The highest BCUT2D eigenvalue weighted by Gasteiger charge is 2.35. The lowest BCUT2D eigenvalue weighted by molar-refractivity contribution is 0.204. The fourth-order valence-corrected chi connectivity index (χ4v) is 4.90. The highest BCUT2D eigenvalue weighted by atomic mass is 32.2. The smallest absolute Gasteiger partial charge is 0.243 e. The van der Waals surface area contributed by atoms with Crippen molar-refractivity contribution in [1.82, 2.24) is 4.31 Å². The predicted octanol–water partition coefficient (Wildman–Crippen LogP) is 2.44. The molecule has 1 aliphatic rings. The fourth-order valence-electron chi connectivity index (χ4n) is 2.97. The number of nitrogens with zero attached hydrogens (tertiary/aromatic N) is 1. The molecule has 2 atom stereocenters. The van der Waals surface area contributed by atoms with Crippen LogP contribution in [0.15, 0.2) is 23.1 Å². The van der Waals surface area contributed by atoms with Crippen LogP contribution in [0.1, 0.15) is 44.2 Å². The van der Waals surface area contributed by atoms with Crippen molar-refractivity contribution in [3.63, 3.8) is 0 Å². The van der Waals surface area contributed by atoms with Gasteiger partial charge in [-0.05, 0) is 56.9 Å². The molecule has 1 aromatic rings. The molecule has 0 aliphatic carbocycles. The van der Waals surface area contributed by atoms with E-state index in [-0.39, 0.29) is 23.6 Å². The molecule has 20 heavy (non-hydrogen) atoms. The van der Waals surface area contributed by atoms with Crippen molar-refractivity contribution in [3.8, 4) is 0 Å². The zero-order chi connectivity index (χ0) is 14.9. The normalized spacial score (nSPS) is 24.8. The lowest BCUT2D eigenvalue weighted by Gasteiger charge is -2.37. The van der Waals surface area contributed by atoms with E-state index in [0.717, 1.165) is 24.8 Å². The Bertz CT molecular complexity index is 573. The van der Waals surface area contributed by atoms with Crippen LogP contribution in [-0.4, -0.2) is 29.9 Å². The number of rotatable bonds is 3. The second-order valence-corrected chi connectivity index (χ2v) is 7.55. The topological polar surface area (TPSA) is 57.6 Å². The van der Waals surface area contributed by atoms with Crippen LogP contribution in [-0.2, 0) is 16.6 Å². The lowest BCUT2D eigenvalue weighted by Crippen LogP contribution is -2.47. The van der Waals surface area contributed by atoms with Crippen LogP contribution in [0.2, 0.25) is 0 Å². The summed E-state index contributed by atoms with van der Waals surface area (Å²) in [6.45, 7) is 5.66. The molecule has 0 amide bonds. The van der Waals surface area contributed by atoms with Gasteiger partial charge < -0.3 is 5.11 Å². The molecular weight excluding hydrogens is 274 g/mol. The zero-order valence-corrected chi connectivity index (χ0v) is 13.2. The van der Waals surface area contributed by atoms with Crippen molar-refractivity contribution in [2.45, 2.75) is 63.6 Å². The minimum atomic E-state index is -3.49. The molecule has 0 bridgehead atoms. The van der Waals surface area contributed by atoms with Crippen molar-refractivity contribution >= 4 is 10.0 Å². The molecule has 0 radical (unpaired) electrons. The van der Waals surface area contributed by atoms with Crippen LogP contribution < -0.4 is 0 Å². The number of aliphatic hydroxyl groups is 1. The SMILES string of the molecule is Cc1ccc(S(=O)(=O)N2[C@H](C)CCC[C@@H]2C)cc1CO. The second kappa shape index (κ2) is 5.84. The Hall–Kier alpha value is -0.910. The minimum Gasteiger partial charge on any atom is -0.392 e. The number of hydrogen-bond donors (Lipinski definition) is 1. The summed E-state index contributed by atoms with van der Waals surface area (Å²) in [6.07, 6.45) is 2.88. The Morgan fingerprint density at radius 2 is 1.85 bits per heavy atom. The summed E-state index contributed by atoms with van der Waals surface area (Å²) in [5.41, 5.74) is 1.58. The number of aliphatic hydroxyl groups excluding tert-OH is 1. The summed E-state index contributed by atoms with van der Waals surface area (Å²) < 4.78 is 27.3. The number of benzene rings is 1. The summed E-state index contributed by atoms with van der Waals surface area (Å²) in [5, 5.41) is 9.31. The Labute approximate surface area is 121 Å². The van der Waals surface area contributed by atoms with Gasteiger partial charge in [-0.25, -0.2) is 8.42 Å². The molecule has 1 heterocycles. The maximum absolute atomic E-state index is 12.8. The third-order valence-corrected chi connectivity index (χ3v) is 6.30. The Kier molecular flexibility index (Phi) is 4.52. The summed E-state index contributed by atoms with van der Waals surface area (Å²) in [5.74, 6) is 0. The van der Waals surface area contributed by atoms with E-state index in [2.05, 4.69) is 0 Å². The second-order valence-electron chi connectivity index (χ2n) is 5.71. The Morgan fingerprint density at radius 1 is 1.25 bits per heavy atom. The molecule has 2 rings (SSSR count). The van der Waals surface area contributed by atoms with Gasteiger partial charge in [-0.15, -0.1) is 0 Å². The summed E-state index contributed by atoms with van der Waals surface area (Å²) in [4.78, 5) is 0.285. The highest BCUT2D eigenvalue weighted by molar-refractivity contribution is 7.89. The molecule has 5 heteroatoms. The first-order valence-corrected chi connectivity index (χ1v) is 8.56. The molecule has 4 nitrogen and oxygen atoms in total. The van der Waals surface area contributed by atoms with Gasteiger partial charge in [0.05, 0.1) is 11.5 Å². The van der Waals surface area contributed by atoms with Gasteiger partial charge in [0.1, 0.15) is 0 Å². The van der Waals surface area contributed by atoms with Gasteiger partial charge in [0.2, 0.25) is 10.0 Å². The largest absolute Gasteiger partial charge is 0.392 e. The van der Waals surface area contributed by atoms with Gasteiger partial charge in [-0.1, -0.05) is 12.5 Å². The standard InChI is InChI=1S/C15H23NO3S/c1-11-7-8-15(9-14(11)10-17)20(18,19)16-12(2)5-4-6-13(16)3/h7-9,12-13,17H,4-6,10H2,1-3H3/t12-,13+. The molecule has 1 N–H and O–H groups in total. The molecule has 1 fully saturated rings. The van der Waals surface area contributed by atoms with Crippen molar-refractivity contribution in [2.75, 3.05) is 0 Å². The summed E-state index contributed by atoms with van der Waals surface area (Å²) >= 11 is 0. The van der Waals surface area contributed by atoms with Gasteiger partial charge in [0.15, 0.2) is 0 Å². The number of aryl methyl sites for hydroxylation is 1. The predicted molar refractivity (Wildman–Crippen MR) is 78.9 cm³/mol. The summed E-state index contributed by atoms with van der Waals surface area (Å²) in [6, 6.07) is 5.05. The van der Waals surface area contributed by atoms with Crippen LogP contribution in [0.4, 0.5) is 0 Å². The van der Waals surface area contributed by atoms with Crippen LogP contribution in [0.3, 0.4) is 0 Å². The Balaban J connectivity index is 2.43. The molecule has 0 aromatic heterocycles. The van der Waals surface area contributed by atoms with Gasteiger partial charge in [-0.3, -0.25) is 0 Å². The molecule has 0 unspecified atom stereocenters. The zero-order valence-electron chi connectivity index (χ0n) is 12.3. The minimum absolute atomic E-state index is 0.0302. The maximum Gasteiger partial charge on any atom is 0.243 e. The van der Waals surface area contributed by atoms with Crippen molar-refractivity contribution in [3.05, 3.63) is 29.3 Å². The molecule has 1 aromatic carbocycles. The van der Waals surface area contributed by atoms with Crippen LogP contribution in [0.5, 0.6) is 0 Å². The molecule has 1 aliphatic heterocycles. The quantitative estimate of drug-likeness (QED) is 0.932. The fraction of sp³-hybridized carbons (Fsp3) is 0.600. The number of hydrogen-bond acceptors (Lipinski definition) is 3. The van der Waals surface area contributed by atoms with Gasteiger partial charge >= 0.3 is 0 Å². The third kappa shape index (κ3) is 2.75. The van der Waals surface area contributed by atoms with E-state index in [1.807, 2.05) is 20.8 Å². The highest BCUT2D eigenvalue weighted by Crippen LogP contribution is 2.30. The van der Waals surface area contributed by atoms with Gasteiger partial charge in [0, 0.05) is 12.1 Å². The monoisotopic (exact) mass is 297 g/mol. The van der Waals surface area contributed by atoms with Gasteiger partial charge in [-0.2, -0.15) is 4.31 Å². The van der Waals surface area contributed by atoms with Crippen molar-refractivity contribution in [2.24, 2.45) is 0 Å². The van der Waals surface area contributed by atoms with Crippen LogP contribution in [0.25, 0.3) is 0 Å². The molecule has 112 valence electrons. The van der Waals surface area contributed by atoms with E-state index in [9.17, 15) is 13.5 Å². The van der Waals surface area contributed by atoms with Crippen LogP contribution >= 0.6 is 0 Å². The van der Waals surface area contributed by atoms with E-state index >= 15 is 0 Å². The maximum atomic E-state index is 12.8.